The third-order valence-corrected chi connectivity index (χ3v) is 1.82. The molecule has 0 bridgehead atoms. The third kappa shape index (κ3) is 2.39. The van der Waals surface area contributed by atoms with Gasteiger partial charge in [0.2, 0.25) is 0 Å². The van der Waals surface area contributed by atoms with E-state index in [-0.39, 0.29) is 0 Å². The van der Waals surface area contributed by atoms with E-state index in [2.05, 4.69) is 6.58 Å². The minimum Gasteiger partial charge on any atom is -0.456 e. The van der Waals surface area contributed by atoms with Crippen LogP contribution in [0.4, 0.5) is 0 Å². The van der Waals surface area contributed by atoms with Crippen molar-refractivity contribution >= 4 is 12.3 Å². The van der Waals surface area contributed by atoms with E-state index in [0.717, 1.165) is 0 Å². The van der Waals surface area contributed by atoms with Gasteiger partial charge in [0.05, 0.1) is 6.61 Å². The molecule has 4 heteroatoms. The molecule has 0 aromatic rings. The van der Waals surface area contributed by atoms with Gasteiger partial charge >= 0.3 is 5.97 Å². The molecular formula is C9H12O4. The van der Waals surface area contributed by atoms with Gasteiger partial charge in [-0.2, -0.15) is 0 Å². The smallest absolute Gasteiger partial charge is 0.333 e. The molecule has 4 nitrogen and oxygen atoms in total. The highest BCUT2D eigenvalue weighted by Gasteiger charge is 2.31. The number of hydrogen-bond acceptors (Lipinski definition) is 4. The van der Waals surface area contributed by atoms with Crippen LogP contribution < -0.4 is 0 Å². The summed E-state index contributed by atoms with van der Waals surface area (Å²) < 4.78 is 10.0. The maximum atomic E-state index is 11.1. The lowest BCUT2D eigenvalue weighted by Gasteiger charge is -2.13. The monoisotopic (exact) mass is 184 g/mol. The average molecular weight is 184 g/mol. The second kappa shape index (κ2) is 4.18. The standard InChI is InChI=1S/C9H12O4/c1-6(2)9(11)13-7-3-4-12-8(7)5-10/h5,7-8H,1,3-4H2,2H3. The quantitative estimate of drug-likeness (QED) is 0.363. The van der Waals surface area contributed by atoms with Crippen molar-refractivity contribution in [1.29, 1.82) is 0 Å². The Hall–Kier alpha value is -1.16. The molecule has 0 aliphatic carbocycles. The van der Waals surface area contributed by atoms with E-state index in [1.807, 2.05) is 0 Å². The predicted octanol–water partition coefficient (Wildman–Crippen LogP) is 0.462. The van der Waals surface area contributed by atoms with Crippen molar-refractivity contribution in [1.82, 2.24) is 0 Å². The number of rotatable bonds is 3. The third-order valence-electron chi connectivity index (χ3n) is 1.82. The molecule has 0 amide bonds. The Morgan fingerprint density at radius 3 is 2.92 bits per heavy atom. The van der Waals surface area contributed by atoms with E-state index in [1.165, 1.54) is 0 Å². The summed E-state index contributed by atoms with van der Waals surface area (Å²) in [7, 11) is 0. The van der Waals surface area contributed by atoms with Crippen LogP contribution in [0.25, 0.3) is 0 Å². The molecular weight excluding hydrogens is 172 g/mol. The summed E-state index contributed by atoms with van der Waals surface area (Å²) in [5.41, 5.74) is 0.330. The lowest BCUT2D eigenvalue weighted by atomic mass is 10.2. The molecule has 0 N–H and O–H groups in total. The first-order valence-corrected chi connectivity index (χ1v) is 4.08. The number of aldehydes is 1. The van der Waals surface area contributed by atoms with Gasteiger partial charge in [-0.3, -0.25) is 0 Å². The fourth-order valence-electron chi connectivity index (χ4n) is 1.08. The van der Waals surface area contributed by atoms with Crippen LogP contribution in [-0.4, -0.2) is 31.1 Å². The Balaban J connectivity index is 2.48. The molecule has 1 heterocycles. The van der Waals surface area contributed by atoms with Crippen LogP contribution in [0.15, 0.2) is 12.2 Å². The molecule has 2 atom stereocenters. The Bertz CT molecular complexity index is 234. The average Bonchev–Trinajstić information content (AvgIpc) is 2.51. The maximum Gasteiger partial charge on any atom is 0.333 e. The highest BCUT2D eigenvalue weighted by atomic mass is 16.6. The summed E-state index contributed by atoms with van der Waals surface area (Å²) in [5, 5.41) is 0. The lowest BCUT2D eigenvalue weighted by Crippen LogP contribution is -2.28. The Morgan fingerprint density at radius 1 is 1.69 bits per heavy atom. The van der Waals surface area contributed by atoms with E-state index in [0.29, 0.717) is 24.9 Å². The molecule has 1 aliphatic rings. The normalized spacial score (nSPS) is 26.8. The van der Waals surface area contributed by atoms with Gasteiger partial charge < -0.3 is 14.3 Å². The van der Waals surface area contributed by atoms with E-state index >= 15 is 0 Å². The van der Waals surface area contributed by atoms with Gasteiger partial charge in [0, 0.05) is 12.0 Å². The minimum absolute atomic E-state index is 0.330. The fourth-order valence-corrected chi connectivity index (χ4v) is 1.08. The number of carbonyl (C=O) groups excluding carboxylic acids is 2. The first kappa shape index (κ1) is 9.92. The van der Waals surface area contributed by atoms with Crippen LogP contribution in [0.5, 0.6) is 0 Å². The summed E-state index contributed by atoms with van der Waals surface area (Å²) in [5.74, 6) is -0.470. The number of hydrogen-bond donors (Lipinski definition) is 0. The van der Waals surface area contributed by atoms with Crippen molar-refractivity contribution in [2.24, 2.45) is 0 Å². The summed E-state index contributed by atoms with van der Waals surface area (Å²) in [6.07, 6.45) is 0.177. The molecule has 1 aliphatic heterocycles. The Labute approximate surface area is 76.5 Å². The molecule has 2 unspecified atom stereocenters. The van der Waals surface area contributed by atoms with Gasteiger partial charge in [-0.25, -0.2) is 4.79 Å². The summed E-state index contributed by atoms with van der Waals surface area (Å²) in [4.78, 5) is 21.5. The molecule has 72 valence electrons. The van der Waals surface area contributed by atoms with Crippen LogP contribution in [0.2, 0.25) is 0 Å². The van der Waals surface area contributed by atoms with Crippen LogP contribution in [0, 0.1) is 0 Å². The van der Waals surface area contributed by atoms with Crippen molar-refractivity contribution < 1.29 is 19.1 Å². The lowest BCUT2D eigenvalue weighted by molar-refractivity contribution is -0.147. The molecule has 0 spiro atoms. The molecule has 1 saturated heterocycles. The van der Waals surface area contributed by atoms with Gasteiger partial charge in [-0.1, -0.05) is 6.58 Å². The van der Waals surface area contributed by atoms with Crippen LogP contribution in [0.3, 0.4) is 0 Å². The zero-order valence-corrected chi connectivity index (χ0v) is 7.49. The van der Waals surface area contributed by atoms with Crippen LogP contribution in [-0.2, 0) is 19.1 Å². The number of ether oxygens (including phenoxy) is 2. The summed E-state index contributed by atoms with van der Waals surface area (Å²) in [6, 6.07) is 0. The van der Waals surface area contributed by atoms with Crippen LogP contribution in [0.1, 0.15) is 13.3 Å². The van der Waals surface area contributed by atoms with Crippen molar-refractivity contribution in [2.75, 3.05) is 6.61 Å². The van der Waals surface area contributed by atoms with E-state index < -0.39 is 18.2 Å². The van der Waals surface area contributed by atoms with Crippen LogP contribution >= 0.6 is 0 Å². The van der Waals surface area contributed by atoms with Gasteiger partial charge in [0.15, 0.2) is 6.29 Å². The van der Waals surface area contributed by atoms with E-state index in [9.17, 15) is 9.59 Å². The van der Waals surface area contributed by atoms with Crippen molar-refractivity contribution in [2.45, 2.75) is 25.6 Å². The summed E-state index contributed by atoms with van der Waals surface area (Å²) >= 11 is 0. The maximum absolute atomic E-state index is 11.1. The predicted molar refractivity (Wildman–Crippen MR) is 45.1 cm³/mol. The van der Waals surface area contributed by atoms with E-state index in [4.69, 9.17) is 9.47 Å². The minimum atomic E-state index is -0.608. The van der Waals surface area contributed by atoms with Crippen molar-refractivity contribution in [3.8, 4) is 0 Å². The van der Waals surface area contributed by atoms with Gasteiger partial charge in [0.1, 0.15) is 12.2 Å². The molecule has 0 aromatic carbocycles. The van der Waals surface area contributed by atoms with Crippen molar-refractivity contribution in [3.63, 3.8) is 0 Å². The molecule has 13 heavy (non-hydrogen) atoms. The first-order valence-electron chi connectivity index (χ1n) is 4.08. The molecule has 1 fully saturated rings. The first-order chi connectivity index (χ1) is 6.15. The topological polar surface area (TPSA) is 52.6 Å². The highest BCUT2D eigenvalue weighted by molar-refractivity contribution is 5.87. The zero-order valence-electron chi connectivity index (χ0n) is 7.49. The molecule has 1 rings (SSSR count). The Morgan fingerprint density at radius 2 is 2.38 bits per heavy atom. The SMILES string of the molecule is C=C(C)C(=O)OC1CCOC1C=O. The van der Waals surface area contributed by atoms with Crippen molar-refractivity contribution in [3.05, 3.63) is 12.2 Å². The largest absolute Gasteiger partial charge is 0.456 e. The Kier molecular flexibility index (Phi) is 3.19. The number of esters is 1. The molecule has 0 aromatic heterocycles. The zero-order chi connectivity index (χ0) is 9.84. The highest BCUT2D eigenvalue weighted by Crippen LogP contribution is 2.16. The second-order valence-electron chi connectivity index (χ2n) is 2.98. The van der Waals surface area contributed by atoms with Gasteiger partial charge in [-0.15, -0.1) is 0 Å². The number of carbonyl (C=O) groups is 2. The summed E-state index contributed by atoms with van der Waals surface area (Å²) in [6.45, 7) is 5.46. The van der Waals surface area contributed by atoms with Gasteiger partial charge in [0.25, 0.3) is 0 Å². The van der Waals surface area contributed by atoms with Gasteiger partial charge in [-0.05, 0) is 6.92 Å². The molecule has 0 radical (unpaired) electrons. The van der Waals surface area contributed by atoms with E-state index in [1.54, 1.807) is 6.92 Å². The second-order valence-corrected chi connectivity index (χ2v) is 2.98. The molecule has 0 saturated carbocycles. The fraction of sp³-hybridized carbons (Fsp3) is 0.556.